The summed E-state index contributed by atoms with van der Waals surface area (Å²) < 4.78 is 10.6. The van der Waals surface area contributed by atoms with E-state index in [4.69, 9.17) is 14.9 Å². The van der Waals surface area contributed by atoms with Crippen LogP contribution in [-0.4, -0.2) is 12.5 Å². The Morgan fingerprint density at radius 1 is 1.38 bits per heavy atom. The lowest BCUT2D eigenvalue weighted by Crippen LogP contribution is -2.13. The van der Waals surface area contributed by atoms with E-state index in [-0.39, 0.29) is 5.91 Å². The van der Waals surface area contributed by atoms with Gasteiger partial charge in [0, 0.05) is 24.4 Å². The number of ether oxygens (including phenoxy) is 1. The zero-order valence-electron chi connectivity index (χ0n) is 12.1. The van der Waals surface area contributed by atoms with Crippen LogP contribution < -0.4 is 11.1 Å². The van der Waals surface area contributed by atoms with E-state index >= 15 is 0 Å². The van der Waals surface area contributed by atoms with Crippen LogP contribution in [0.15, 0.2) is 41.0 Å². The zero-order valence-corrected chi connectivity index (χ0v) is 12.1. The number of carbonyl (C=O) groups excluding carboxylic acids is 1. The maximum Gasteiger partial charge on any atom is 0.224 e. The Hall–Kier alpha value is -2.27. The van der Waals surface area contributed by atoms with E-state index in [9.17, 15) is 4.79 Å². The summed E-state index contributed by atoms with van der Waals surface area (Å²) in [6.07, 6.45) is 2.68. The van der Waals surface area contributed by atoms with Gasteiger partial charge in [0.15, 0.2) is 0 Å². The smallest absolute Gasteiger partial charge is 0.224 e. The molecule has 0 saturated carbocycles. The molecule has 1 heterocycles. The first-order chi connectivity index (χ1) is 10.1. The maximum atomic E-state index is 11.8. The minimum absolute atomic E-state index is 0.0368. The first kappa shape index (κ1) is 15.1. The summed E-state index contributed by atoms with van der Waals surface area (Å²) in [6.45, 7) is 2.88. The first-order valence-electron chi connectivity index (χ1n) is 6.91. The lowest BCUT2D eigenvalue weighted by Gasteiger charge is -2.09. The molecule has 0 saturated heterocycles. The Morgan fingerprint density at radius 3 is 3.00 bits per heavy atom. The lowest BCUT2D eigenvalue weighted by atomic mass is 10.1. The number of anilines is 2. The van der Waals surface area contributed by atoms with Crippen LogP contribution in [-0.2, 0) is 16.1 Å². The Morgan fingerprint density at radius 2 is 2.24 bits per heavy atom. The van der Waals surface area contributed by atoms with Gasteiger partial charge in [-0.1, -0.05) is 6.07 Å². The number of nitrogen functional groups attached to an aromatic ring is 1. The molecule has 0 aliphatic heterocycles. The van der Waals surface area contributed by atoms with E-state index in [1.807, 2.05) is 31.2 Å². The fraction of sp³-hybridized carbons (Fsp3) is 0.312. The van der Waals surface area contributed by atoms with Crippen LogP contribution >= 0.6 is 0 Å². The van der Waals surface area contributed by atoms with Gasteiger partial charge in [0.1, 0.15) is 12.4 Å². The van der Waals surface area contributed by atoms with Gasteiger partial charge in [0.25, 0.3) is 0 Å². The van der Waals surface area contributed by atoms with E-state index in [2.05, 4.69) is 5.32 Å². The predicted molar refractivity (Wildman–Crippen MR) is 81.8 cm³/mol. The van der Waals surface area contributed by atoms with Crippen LogP contribution in [0.3, 0.4) is 0 Å². The fourth-order valence-corrected chi connectivity index (χ4v) is 1.89. The number of nitrogens with two attached hydrogens (primary N) is 1. The van der Waals surface area contributed by atoms with Gasteiger partial charge in [-0.2, -0.15) is 0 Å². The van der Waals surface area contributed by atoms with Crippen molar-refractivity contribution in [3.8, 4) is 0 Å². The van der Waals surface area contributed by atoms with Gasteiger partial charge in [-0.3, -0.25) is 4.79 Å². The highest BCUT2D eigenvalue weighted by Crippen LogP contribution is 2.18. The number of furan rings is 1. The van der Waals surface area contributed by atoms with Gasteiger partial charge in [0.2, 0.25) is 5.91 Å². The molecule has 2 rings (SSSR count). The average molecular weight is 288 g/mol. The van der Waals surface area contributed by atoms with Crippen molar-refractivity contribution < 1.29 is 13.9 Å². The minimum Gasteiger partial charge on any atom is -0.467 e. The van der Waals surface area contributed by atoms with Crippen molar-refractivity contribution in [3.63, 3.8) is 0 Å². The molecule has 112 valence electrons. The summed E-state index contributed by atoms with van der Waals surface area (Å²) in [4.78, 5) is 11.8. The van der Waals surface area contributed by atoms with Crippen LogP contribution in [0, 0.1) is 6.92 Å². The van der Waals surface area contributed by atoms with Crippen molar-refractivity contribution in [2.45, 2.75) is 26.4 Å². The predicted octanol–water partition coefficient (Wildman–Crippen LogP) is 3.11. The molecule has 21 heavy (non-hydrogen) atoms. The summed E-state index contributed by atoms with van der Waals surface area (Å²) in [5, 5.41) is 2.86. The highest BCUT2D eigenvalue weighted by molar-refractivity contribution is 5.91. The fourth-order valence-electron chi connectivity index (χ4n) is 1.89. The lowest BCUT2D eigenvalue weighted by molar-refractivity contribution is -0.116. The molecule has 0 spiro atoms. The highest BCUT2D eigenvalue weighted by atomic mass is 16.5. The SMILES string of the molecule is Cc1ccc(N)cc1NC(=O)CCCOCc1ccco1. The van der Waals surface area contributed by atoms with Gasteiger partial charge in [-0.15, -0.1) is 0 Å². The van der Waals surface area contributed by atoms with E-state index in [0.29, 0.717) is 31.7 Å². The molecule has 5 heteroatoms. The number of hydrogen-bond donors (Lipinski definition) is 2. The van der Waals surface area contributed by atoms with Crippen LogP contribution in [0.1, 0.15) is 24.2 Å². The van der Waals surface area contributed by atoms with Gasteiger partial charge >= 0.3 is 0 Å². The van der Waals surface area contributed by atoms with Crippen molar-refractivity contribution >= 4 is 17.3 Å². The summed E-state index contributed by atoms with van der Waals surface area (Å²) in [5.41, 5.74) is 8.10. The number of aryl methyl sites for hydroxylation is 1. The van der Waals surface area contributed by atoms with E-state index in [0.717, 1.165) is 17.0 Å². The molecule has 0 bridgehead atoms. The number of benzene rings is 1. The molecule has 0 radical (unpaired) electrons. The molecule has 1 amide bonds. The molecule has 0 aliphatic rings. The molecule has 2 aromatic rings. The van der Waals surface area contributed by atoms with Crippen molar-refractivity contribution in [3.05, 3.63) is 47.9 Å². The van der Waals surface area contributed by atoms with Crippen LogP contribution in [0.2, 0.25) is 0 Å². The molecular weight excluding hydrogens is 268 g/mol. The second kappa shape index (κ2) is 7.50. The third-order valence-electron chi connectivity index (χ3n) is 3.05. The number of carbonyl (C=O) groups is 1. The van der Waals surface area contributed by atoms with Gasteiger partial charge in [-0.05, 0) is 43.2 Å². The molecule has 0 unspecified atom stereocenters. The molecule has 0 aliphatic carbocycles. The van der Waals surface area contributed by atoms with Crippen LogP contribution in [0.25, 0.3) is 0 Å². The topological polar surface area (TPSA) is 77.5 Å². The van der Waals surface area contributed by atoms with Crippen molar-refractivity contribution in [1.29, 1.82) is 0 Å². The number of amides is 1. The Balaban J connectivity index is 1.66. The Bertz CT molecular complexity index is 579. The summed E-state index contributed by atoms with van der Waals surface area (Å²) in [6, 6.07) is 9.14. The van der Waals surface area contributed by atoms with Gasteiger partial charge in [0.05, 0.1) is 6.26 Å². The molecule has 3 N–H and O–H groups in total. The van der Waals surface area contributed by atoms with Gasteiger partial charge in [-0.25, -0.2) is 0 Å². The normalized spacial score (nSPS) is 10.5. The van der Waals surface area contributed by atoms with E-state index in [1.165, 1.54) is 0 Å². The molecule has 5 nitrogen and oxygen atoms in total. The molecule has 1 aromatic carbocycles. The van der Waals surface area contributed by atoms with Crippen molar-refractivity contribution in [2.24, 2.45) is 0 Å². The molecule has 0 atom stereocenters. The number of nitrogens with one attached hydrogen (secondary N) is 1. The molecule has 0 fully saturated rings. The quantitative estimate of drug-likeness (QED) is 0.606. The van der Waals surface area contributed by atoms with Crippen molar-refractivity contribution in [2.75, 3.05) is 17.7 Å². The minimum atomic E-state index is -0.0368. The van der Waals surface area contributed by atoms with Crippen LogP contribution in [0.5, 0.6) is 0 Å². The maximum absolute atomic E-state index is 11.8. The van der Waals surface area contributed by atoms with E-state index in [1.54, 1.807) is 12.3 Å². The standard InChI is InChI=1S/C16H20N2O3/c1-12-6-7-13(17)10-15(12)18-16(19)5-3-8-20-11-14-4-2-9-21-14/h2,4,6-7,9-10H,3,5,8,11,17H2,1H3,(H,18,19). The third-order valence-corrected chi connectivity index (χ3v) is 3.05. The monoisotopic (exact) mass is 288 g/mol. The van der Waals surface area contributed by atoms with Crippen molar-refractivity contribution in [1.82, 2.24) is 0 Å². The van der Waals surface area contributed by atoms with Crippen LogP contribution in [0.4, 0.5) is 11.4 Å². The number of rotatable bonds is 7. The second-order valence-corrected chi connectivity index (χ2v) is 4.86. The third kappa shape index (κ3) is 4.96. The molecular formula is C16H20N2O3. The average Bonchev–Trinajstić information content (AvgIpc) is 2.96. The largest absolute Gasteiger partial charge is 0.467 e. The summed E-state index contributed by atoms with van der Waals surface area (Å²) in [5.74, 6) is 0.750. The Labute approximate surface area is 124 Å². The van der Waals surface area contributed by atoms with E-state index < -0.39 is 0 Å². The first-order valence-corrected chi connectivity index (χ1v) is 6.91. The summed E-state index contributed by atoms with van der Waals surface area (Å²) in [7, 11) is 0. The second-order valence-electron chi connectivity index (χ2n) is 4.86. The number of hydrogen-bond acceptors (Lipinski definition) is 4. The summed E-state index contributed by atoms with van der Waals surface area (Å²) >= 11 is 0. The molecule has 1 aromatic heterocycles. The zero-order chi connectivity index (χ0) is 15.1. The van der Waals surface area contributed by atoms with Gasteiger partial charge < -0.3 is 20.2 Å². The Kier molecular flexibility index (Phi) is 5.40. The highest BCUT2D eigenvalue weighted by Gasteiger charge is 2.05.